The SMILES string of the molecule is CC(C)CCN(C)C(=O)c1csc(C(C)N)n1. The second-order valence-electron chi connectivity index (χ2n) is 4.77. The summed E-state index contributed by atoms with van der Waals surface area (Å²) in [7, 11) is 1.82. The minimum atomic E-state index is -0.109. The van der Waals surface area contributed by atoms with E-state index in [1.165, 1.54) is 11.3 Å². The molecular weight excluding hydrogens is 234 g/mol. The molecule has 0 bridgehead atoms. The quantitative estimate of drug-likeness (QED) is 0.878. The molecular formula is C12H21N3OS. The molecule has 0 radical (unpaired) electrons. The molecule has 5 heteroatoms. The summed E-state index contributed by atoms with van der Waals surface area (Å²) in [6, 6.07) is -0.109. The number of nitrogens with two attached hydrogens (primary N) is 1. The van der Waals surface area contributed by atoms with Crippen molar-refractivity contribution in [2.24, 2.45) is 11.7 Å². The van der Waals surface area contributed by atoms with E-state index in [4.69, 9.17) is 5.73 Å². The molecule has 1 atom stereocenters. The van der Waals surface area contributed by atoms with Gasteiger partial charge in [-0.25, -0.2) is 4.98 Å². The molecule has 0 aromatic carbocycles. The summed E-state index contributed by atoms with van der Waals surface area (Å²) in [5.74, 6) is 0.578. The van der Waals surface area contributed by atoms with Crippen LogP contribution in [0.4, 0.5) is 0 Å². The van der Waals surface area contributed by atoms with Crippen LogP contribution in [0, 0.1) is 5.92 Å². The lowest BCUT2D eigenvalue weighted by Crippen LogP contribution is -2.28. The van der Waals surface area contributed by atoms with Gasteiger partial charge in [-0.15, -0.1) is 11.3 Å². The maximum Gasteiger partial charge on any atom is 0.273 e. The Hall–Kier alpha value is -0.940. The minimum absolute atomic E-state index is 0.0196. The number of amides is 1. The summed E-state index contributed by atoms with van der Waals surface area (Å²) >= 11 is 1.44. The largest absolute Gasteiger partial charge is 0.340 e. The van der Waals surface area contributed by atoms with E-state index < -0.39 is 0 Å². The van der Waals surface area contributed by atoms with Gasteiger partial charge in [0.2, 0.25) is 0 Å². The van der Waals surface area contributed by atoms with Crippen LogP contribution in [0.15, 0.2) is 5.38 Å². The molecule has 0 fully saturated rings. The van der Waals surface area contributed by atoms with Gasteiger partial charge in [-0.2, -0.15) is 0 Å². The molecule has 4 nitrogen and oxygen atoms in total. The van der Waals surface area contributed by atoms with Crippen LogP contribution in [-0.2, 0) is 0 Å². The lowest BCUT2D eigenvalue weighted by Gasteiger charge is -2.17. The molecule has 1 amide bonds. The van der Waals surface area contributed by atoms with Crippen LogP contribution in [0.25, 0.3) is 0 Å². The standard InChI is InChI=1S/C12H21N3OS/c1-8(2)5-6-15(4)12(16)10-7-17-11(14-10)9(3)13/h7-9H,5-6,13H2,1-4H3. The lowest BCUT2D eigenvalue weighted by atomic mass is 10.1. The van der Waals surface area contributed by atoms with Gasteiger partial charge in [0.25, 0.3) is 5.91 Å². The van der Waals surface area contributed by atoms with Crippen LogP contribution in [0.2, 0.25) is 0 Å². The van der Waals surface area contributed by atoms with Crippen molar-refractivity contribution in [3.05, 3.63) is 16.1 Å². The van der Waals surface area contributed by atoms with E-state index >= 15 is 0 Å². The topological polar surface area (TPSA) is 59.2 Å². The third kappa shape index (κ3) is 4.09. The van der Waals surface area contributed by atoms with Crippen LogP contribution in [-0.4, -0.2) is 29.4 Å². The van der Waals surface area contributed by atoms with Gasteiger partial charge in [0.1, 0.15) is 10.7 Å². The summed E-state index contributed by atoms with van der Waals surface area (Å²) in [6.07, 6.45) is 1.01. The highest BCUT2D eigenvalue weighted by Gasteiger charge is 2.16. The molecule has 0 aliphatic carbocycles. The molecule has 0 saturated carbocycles. The first-order valence-corrected chi connectivity index (χ1v) is 6.76. The number of hydrogen-bond donors (Lipinski definition) is 1. The van der Waals surface area contributed by atoms with Gasteiger partial charge in [0.15, 0.2) is 0 Å². The van der Waals surface area contributed by atoms with Crippen molar-refractivity contribution in [1.82, 2.24) is 9.88 Å². The van der Waals surface area contributed by atoms with Crippen molar-refractivity contribution >= 4 is 17.2 Å². The average Bonchev–Trinajstić information content (AvgIpc) is 2.73. The zero-order chi connectivity index (χ0) is 13.0. The summed E-state index contributed by atoms with van der Waals surface area (Å²) < 4.78 is 0. The molecule has 0 spiro atoms. The zero-order valence-corrected chi connectivity index (χ0v) is 11.8. The van der Waals surface area contributed by atoms with E-state index in [1.54, 1.807) is 10.3 Å². The van der Waals surface area contributed by atoms with Gasteiger partial charge in [0.05, 0.1) is 6.04 Å². The van der Waals surface area contributed by atoms with Crippen molar-refractivity contribution in [3.63, 3.8) is 0 Å². The molecule has 1 rings (SSSR count). The van der Waals surface area contributed by atoms with Crippen molar-refractivity contribution < 1.29 is 4.79 Å². The van der Waals surface area contributed by atoms with Crippen molar-refractivity contribution in [2.45, 2.75) is 33.2 Å². The first kappa shape index (κ1) is 14.1. The second-order valence-corrected chi connectivity index (χ2v) is 5.66. The Bertz CT molecular complexity index is 374. The molecule has 0 aliphatic rings. The van der Waals surface area contributed by atoms with Crippen LogP contribution < -0.4 is 5.73 Å². The fourth-order valence-corrected chi connectivity index (χ4v) is 2.10. The van der Waals surface area contributed by atoms with Gasteiger partial charge >= 0.3 is 0 Å². The van der Waals surface area contributed by atoms with Gasteiger partial charge < -0.3 is 10.6 Å². The molecule has 1 heterocycles. The molecule has 1 unspecified atom stereocenters. The Morgan fingerprint density at radius 1 is 1.53 bits per heavy atom. The van der Waals surface area contributed by atoms with Crippen LogP contribution in [0.3, 0.4) is 0 Å². The highest BCUT2D eigenvalue weighted by atomic mass is 32.1. The number of carbonyl (C=O) groups excluding carboxylic acids is 1. The number of aromatic nitrogens is 1. The second kappa shape index (κ2) is 6.12. The Labute approximate surface area is 107 Å². The van der Waals surface area contributed by atoms with E-state index in [1.807, 2.05) is 14.0 Å². The van der Waals surface area contributed by atoms with E-state index in [0.717, 1.165) is 18.0 Å². The maximum absolute atomic E-state index is 12.0. The Balaban J connectivity index is 2.61. The van der Waals surface area contributed by atoms with Crippen molar-refractivity contribution in [2.75, 3.05) is 13.6 Å². The van der Waals surface area contributed by atoms with Crippen LogP contribution in [0.1, 0.15) is 48.7 Å². The molecule has 1 aromatic rings. The normalized spacial score (nSPS) is 12.8. The smallest absolute Gasteiger partial charge is 0.273 e. The van der Waals surface area contributed by atoms with Crippen LogP contribution >= 0.6 is 11.3 Å². The Kier molecular flexibility index (Phi) is 5.08. The molecule has 0 saturated heterocycles. The zero-order valence-electron chi connectivity index (χ0n) is 10.9. The van der Waals surface area contributed by atoms with Crippen LogP contribution in [0.5, 0.6) is 0 Å². The summed E-state index contributed by atoms with van der Waals surface area (Å²) in [4.78, 5) is 18.0. The van der Waals surface area contributed by atoms with Crippen molar-refractivity contribution in [3.8, 4) is 0 Å². The van der Waals surface area contributed by atoms with Gasteiger partial charge in [0, 0.05) is 19.0 Å². The van der Waals surface area contributed by atoms with E-state index in [2.05, 4.69) is 18.8 Å². The first-order chi connectivity index (χ1) is 7.91. The minimum Gasteiger partial charge on any atom is -0.340 e. The molecule has 0 aliphatic heterocycles. The highest BCUT2D eigenvalue weighted by Crippen LogP contribution is 2.17. The molecule has 2 N–H and O–H groups in total. The van der Waals surface area contributed by atoms with Gasteiger partial charge in [-0.05, 0) is 19.3 Å². The monoisotopic (exact) mass is 255 g/mol. The molecule has 96 valence electrons. The van der Waals surface area contributed by atoms with Gasteiger partial charge in [-0.1, -0.05) is 13.8 Å². The van der Waals surface area contributed by atoms with E-state index in [-0.39, 0.29) is 11.9 Å². The molecule has 17 heavy (non-hydrogen) atoms. The fourth-order valence-electron chi connectivity index (χ4n) is 1.34. The number of thiazole rings is 1. The highest BCUT2D eigenvalue weighted by molar-refractivity contribution is 7.09. The Morgan fingerprint density at radius 3 is 2.65 bits per heavy atom. The predicted molar refractivity (Wildman–Crippen MR) is 71.1 cm³/mol. The maximum atomic E-state index is 12.0. The third-order valence-corrected chi connectivity index (χ3v) is 3.56. The number of rotatable bonds is 5. The molecule has 1 aromatic heterocycles. The van der Waals surface area contributed by atoms with Crippen molar-refractivity contribution in [1.29, 1.82) is 0 Å². The fraction of sp³-hybridized carbons (Fsp3) is 0.667. The van der Waals surface area contributed by atoms with E-state index in [9.17, 15) is 4.79 Å². The summed E-state index contributed by atoms with van der Waals surface area (Å²) in [6.45, 7) is 6.93. The van der Waals surface area contributed by atoms with E-state index in [0.29, 0.717) is 11.6 Å². The first-order valence-electron chi connectivity index (χ1n) is 5.88. The number of carbonyl (C=O) groups is 1. The predicted octanol–water partition coefficient (Wildman–Crippen LogP) is 2.28. The summed E-state index contributed by atoms with van der Waals surface area (Å²) in [5.41, 5.74) is 6.23. The van der Waals surface area contributed by atoms with Gasteiger partial charge in [-0.3, -0.25) is 4.79 Å². The Morgan fingerprint density at radius 2 is 2.18 bits per heavy atom. The summed E-state index contributed by atoms with van der Waals surface area (Å²) in [5, 5.41) is 2.60. The number of hydrogen-bond acceptors (Lipinski definition) is 4. The third-order valence-electron chi connectivity index (χ3n) is 2.52. The average molecular weight is 255 g/mol. The number of nitrogens with zero attached hydrogens (tertiary/aromatic N) is 2. The lowest BCUT2D eigenvalue weighted by molar-refractivity contribution is 0.0784.